The molecule has 0 spiro atoms. The fraction of sp³-hybridized carbons (Fsp3) is 0.684. The predicted octanol–water partition coefficient (Wildman–Crippen LogP) is -3.73. The van der Waals surface area contributed by atoms with Crippen molar-refractivity contribution in [2.45, 2.75) is 62.7 Å². The number of amides is 3. The Bertz CT molecular complexity index is 787. The summed E-state index contributed by atoms with van der Waals surface area (Å²) in [6.07, 6.45) is 0.346. The monoisotopic (exact) mass is 487 g/mol. The van der Waals surface area contributed by atoms with Crippen LogP contribution in [0.15, 0.2) is 4.99 Å². The topological polar surface area (TPSA) is 264 Å². The van der Waals surface area contributed by atoms with Crippen LogP contribution < -0.4 is 27.8 Å². The number of nitrogens with zero attached hydrogens (tertiary/aromatic N) is 2. The SMILES string of the molecule is NC(N)=NCCCC(NC(=O)C1CCCN1C(=O)C(CCC(=O)O)NC(=O)C(N)CO)C(=O)O. The van der Waals surface area contributed by atoms with Crippen molar-refractivity contribution in [2.24, 2.45) is 22.2 Å². The lowest BCUT2D eigenvalue weighted by Gasteiger charge is -2.29. The van der Waals surface area contributed by atoms with E-state index in [1.54, 1.807) is 0 Å². The highest BCUT2D eigenvalue weighted by atomic mass is 16.4. The number of carboxylic acid groups (broad SMARTS) is 2. The Hall–Kier alpha value is -3.46. The standard InChI is InChI=1S/C19H33N7O8/c20-10(9-27)15(30)24-11(5-6-14(28)29)17(32)26-8-2-4-13(26)16(31)25-12(18(33)34)3-1-7-23-19(21)22/h10-13,27H,1-9,20H2,(H,24,30)(H,25,31)(H,28,29)(H,33,34)(H4,21,22,23). The summed E-state index contributed by atoms with van der Waals surface area (Å²) in [7, 11) is 0. The van der Waals surface area contributed by atoms with Gasteiger partial charge in [0.25, 0.3) is 0 Å². The molecule has 192 valence electrons. The number of aliphatic imine (C=N–C) groups is 1. The van der Waals surface area contributed by atoms with Gasteiger partial charge >= 0.3 is 11.9 Å². The number of nitrogens with one attached hydrogen (secondary N) is 2. The van der Waals surface area contributed by atoms with E-state index in [0.29, 0.717) is 6.42 Å². The number of rotatable bonds is 14. The minimum absolute atomic E-state index is 0.0505. The second-order valence-electron chi connectivity index (χ2n) is 7.82. The van der Waals surface area contributed by atoms with E-state index in [9.17, 15) is 29.1 Å². The van der Waals surface area contributed by atoms with E-state index in [2.05, 4.69) is 15.6 Å². The van der Waals surface area contributed by atoms with E-state index in [1.165, 1.54) is 4.90 Å². The van der Waals surface area contributed by atoms with Gasteiger partial charge in [0.05, 0.1) is 6.61 Å². The molecule has 1 heterocycles. The molecule has 1 fully saturated rings. The van der Waals surface area contributed by atoms with Crippen molar-refractivity contribution >= 4 is 35.6 Å². The molecule has 15 nitrogen and oxygen atoms in total. The van der Waals surface area contributed by atoms with E-state index >= 15 is 0 Å². The van der Waals surface area contributed by atoms with Gasteiger partial charge < -0.3 is 48.1 Å². The van der Waals surface area contributed by atoms with Gasteiger partial charge in [0.15, 0.2) is 5.96 Å². The quantitative estimate of drug-likeness (QED) is 0.0670. The molecular formula is C19H33N7O8. The first-order chi connectivity index (χ1) is 16.0. The first-order valence-corrected chi connectivity index (χ1v) is 10.8. The summed E-state index contributed by atoms with van der Waals surface area (Å²) >= 11 is 0. The normalized spacial score (nSPS) is 17.8. The number of guanidine groups is 1. The highest BCUT2D eigenvalue weighted by molar-refractivity contribution is 5.94. The minimum atomic E-state index is -1.31. The Morgan fingerprint density at radius 1 is 1.06 bits per heavy atom. The van der Waals surface area contributed by atoms with Crippen molar-refractivity contribution in [1.29, 1.82) is 0 Å². The average molecular weight is 488 g/mol. The first kappa shape index (κ1) is 28.6. The van der Waals surface area contributed by atoms with Crippen LogP contribution in [0, 0.1) is 0 Å². The molecule has 3 amide bonds. The third kappa shape index (κ3) is 9.19. The van der Waals surface area contributed by atoms with E-state index in [1.807, 2.05) is 0 Å². The fourth-order valence-corrected chi connectivity index (χ4v) is 3.42. The summed E-state index contributed by atoms with van der Waals surface area (Å²) in [6.45, 7) is -0.345. The van der Waals surface area contributed by atoms with Gasteiger partial charge in [-0.25, -0.2) is 4.79 Å². The molecule has 1 aliphatic rings. The van der Waals surface area contributed by atoms with Crippen molar-refractivity contribution < 1.29 is 39.3 Å². The van der Waals surface area contributed by atoms with Crippen LogP contribution in [-0.2, 0) is 24.0 Å². The molecule has 0 saturated carbocycles. The van der Waals surface area contributed by atoms with Crippen molar-refractivity contribution in [1.82, 2.24) is 15.5 Å². The maximum Gasteiger partial charge on any atom is 0.326 e. The fourth-order valence-electron chi connectivity index (χ4n) is 3.42. The molecule has 1 saturated heterocycles. The summed E-state index contributed by atoms with van der Waals surface area (Å²) < 4.78 is 0. The average Bonchev–Trinajstić information content (AvgIpc) is 3.26. The zero-order valence-electron chi connectivity index (χ0n) is 18.7. The number of aliphatic hydroxyl groups is 1. The predicted molar refractivity (Wildman–Crippen MR) is 118 cm³/mol. The third-order valence-electron chi connectivity index (χ3n) is 5.19. The van der Waals surface area contributed by atoms with Crippen LogP contribution in [0.2, 0.25) is 0 Å². The van der Waals surface area contributed by atoms with Crippen LogP contribution in [-0.4, -0.2) is 99.7 Å². The molecule has 0 aromatic heterocycles. The van der Waals surface area contributed by atoms with Crippen LogP contribution in [0.25, 0.3) is 0 Å². The molecule has 0 aliphatic carbocycles. The Morgan fingerprint density at radius 2 is 1.74 bits per heavy atom. The van der Waals surface area contributed by atoms with Gasteiger partial charge in [0.1, 0.15) is 24.2 Å². The van der Waals surface area contributed by atoms with Crippen LogP contribution in [0.5, 0.6) is 0 Å². The maximum atomic E-state index is 13.1. The molecule has 4 unspecified atom stereocenters. The highest BCUT2D eigenvalue weighted by Gasteiger charge is 2.39. The Labute approximate surface area is 195 Å². The van der Waals surface area contributed by atoms with Crippen LogP contribution >= 0.6 is 0 Å². The number of aliphatic carboxylic acids is 2. The van der Waals surface area contributed by atoms with Crippen molar-refractivity contribution in [3.05, 3.63) is 0 Å². The summed E-state index contributed by atoms with van der Waals surface area (Å²) in [4.78, 5) is 65.4. The zero-order chi connectivity index (χ0) is 25.8. The lowest BCUT2D eigenvalue weighted by Crippen LogP contribution is -2.57. The number of carbonyl (C=O) groups is 5. The molecule has 0 aromatic carbocycles. The molecule has 0 bridgehead atoms. The van der Waals surface area contributed by atoms with Crippen molar-refractivity contribution in [2.75, 3.05) is 19.7 Å². The maximum absolute atomic E-state index is 13.1. The van der Waals surface area contributed by atoms with Gasteiger partial charge in [0.2, 0.25) is 17.7 Å². The van der Waals surface area contributed by atoms with Gasteiger partial charge in [-0.1, -0.05) is 0 Å². The van der Waals surface area contributed by atoms with Crippen LogP contribution in [0.4, 0.5) is 0 Å². The largest absolute Gasteiger partial charge is 0.481 e. The molecule has 1 aliphatic heterocycles. The summed E-state index contributed by atoms with van der Waals surface area (Å²) in [5.74, 6) is -4.83. The van der Waals surface area contributed by atoms with E-state index in [-0.39, 0.29) is 44.7 Å². The number of hydrogen-bond acceptors (Lipinski definition) is 8. The minimum Gasteiger partial charge on any atom is -0.481 e. The third-order valence-corrected chi connectivity index (χ3v) is 5.19. The highest BCUT2D eigenvalue weighted by Crippen LogP contribution is 2.20. The summed E-state index contributed by atoms with van der Waals surface area (Å²) in [6, 6.07) is -4.83. The number of carboxylic acids is 2. The van der Waals surface area contributed by atoms with Crippen LogP contribution in [0.3, 0.4) is 0 Å². The number of carbonyl (C=O) groups excluding carboxylic acids is 3. The molecule has 0 aromatic rings. The molecule has 34 heavy (non-hydrogen) atoms. The van der Waals surface area contributed by atoms with Gasteiger partial charge in [-0.15, -0.1) is 0 Å². The van der Waals surface area contributed by atoms with Gasteiger partial charge in [-0.3, -0.25) is 24.2 Å². The second-order valence-corrected chi connectivity index (χ2v) is 7.82. The van der Waals surface area contributed by atoms with E-state index in [4.69, 9.17) is 27.4 Å². The van der Waals surface area contributed by atoms with Crippen LogP contribution in [0.1, 0.15) is 38.5 Å². The number of hydrogen-bond donors (Lipinski definition) is 8. The molecule has 0 radical (unpaired) electrons. The summed E-state index contributed by atoms with van der Waals surface area (Å²) in [5.41, 5.74) is 15.9. The van der Waals surface area contributed by atoms with Gasteiger partial charge in [-0.2, -0.15) is 0 Å². The lowest BCUT2D eigenvalue weighted by molar-refractivity contribution is -0.145. The van der Waals surface area contributed by atoms with Gasteiger partial charge in [0, 0.05) is 19.5 Å². The van der Waals surface area contributed by atoms with Gasteiger partial charge in [-0.05, 0) is 32.1 Å². The number of likely N-dealkylation sites (tertiary alicyclic amines) is 1. The lowest BCUT2D eigenvalue weighted by atomic mass is 10.1. The first-order valence-electron chi connectivity index (χ1n) is 10.8. The van der Waals surface area contributed by atoms with E-state index in [0.717, 1.165) is 0 Å². The van der Waals surface area contributed by atoms with E-state index < -0.39 is 66.9 Å². The Balaban J connectivity index is 2.90. The Kier molecular flexibility index (Phi) is 11.7. The molecule has 4 atom stereocenters. The second kappa shape index (κ2) is 13.9. The molecule has 11 N–H and O–H groups in total. The van der Waals surface area contributed by atoms with Crippen molar-refractivity contribution in [3.63, 3.8) is 0 Å². The summed E-state index contributed by atoms with van der Waals surface area (Å²) in [5, 5.41) is 32.2. The smallest absolute Gasteiger partial charge is 0.326 e. The van der Waals surface area contributed by atoms with Crippen molar-refractivity contribution in [3.8, 4) is 0 Å². The Morgan fingerprint density at radius 3 is 2.29 bits per heavy atom. The number of aliphatic hydroxyl groups excluding tert-OH is 1. The zero-order valence-corrected chi connectivity index (χ0v) is 18.7. The molecular weight excluding hydrogens is 454 g/mol. The molecule has 1 rings (SSSR count). The number of nitrogens with two attached hydrogens (primary N) is 3. The molecule has 15 heteroatoms.